The number of hydrogen-bond acceptors (Lipinski definition) is 3. The van der Waals surface area contributed by atoms with Crippen LogP contribution in [0.5, 0.6) is 0 Å². The second kappa shape index (κ2) is 9.24. The van der Waals surface area contributed by atoms with Crippen LogP contribution in [0.2, 0.25) is 5.02 Å². The van der Waals surface area contributed by atoms with E-state index in [4.69, 9.17) is 11.6 Å². The molecule has 0 fully saturated rings. The van der Waals surface area contributed by atoms with Crippen molar-refractivity contribution in [1.82, 2.24) is 5.32 Å². The molecule has 27 heavy (non-hydrogen) atoms. The van der Waals surface area contributed by atoms with E-state index < -0.39 is 10.0 Å². The van der Waals surface area contributed by atoms with Gasteiger partial charge in [0.1, 0.15) is 0 Å². The van der Waals surface area contributed by atoms with Crippen molar-refractivity contribution in [1.29, 1.82) is 0 Å². The van der Waals surface area contributed by atoms with Crippen LogP contribution in [0.3, 0.4) is 0 Å². The molecule has 7 heteroatoms. The zero-order valence-corrected chi connectivity index (χ0v) is 17.4. The zero-order valence-electron chi connectivity index (χ0n) is 15.8. The lowest BCUT2D eigenvalue weighted by Gasteiger charge is -2.23. The molecule has 5 nitrogen and oxygen atoms in total. The standard InChI is InChI=1S/C20H25ClN2O3S/c1-15-6-11-19(13-16(15)2)23(27(3,25)26)12-4-5-20(24)22-14-17-7-9-18(21)10-8-17/h6-11,13H,4-5,12,14H2,1-3H3,(H,22,24). The first-order chi connectivity index (χ1) is 12.7. The molecule has 0 aliphatic rings. The maximum absolute atomic E-state index is 12.2. The summed E-state index contributed by atoms with van der Waals surface area (Å²) in [6, 6.07) is 12.8. The Morgan fingerprint density at radius 2 is 1.74 bits per heavy atom. The van der Waals surface area contributed by atoms with E-state index in [1.165, 1.54) is 10.6 Å². The van der Waals surface area contributed by atoms with Crippen molar-refractivity contribution in [3.05, 3.63) is 64.2 Å². The molecule has 0 aliphatic heterocycles. The Balaban J connectivity index is 1.90. The van der Waals surface area contributed by atoms with Gasteiger partial charge in [-0.15, -0.1) is 0 Å². The highest BCUT2D eigenvalue weighted by molar-refractivity contribution is 7.92. The fraction of sp³-hybridized carbons (Fsp3) is 0.350. The summed E-state index contributed by atoms with van der Waals surface area (Å²) in [6.07, 6.45) is 1.87. The van der Waals surface area contributed by atoms with Crippen molar-refractivity contribution < 1.29 is 13.2 Å². The highest BCUT2D eigenvalue weighted by Gasteiger charge is 2.18. The van der Waals surface area contributed by atoms with E-state index >= 15 is 0 Å². The Labute approximate surface area is 166 Å². The molecule has 0 spiro atoms. The van der Waals surface area contributed by atoms with Gasteiger partial charge in [0.05, 0.1) is 11.9 Å². The number of halogens is 1. The molecule has 2 rings (SSSR count). The molecule has 0 saturated carbocycles. The van der Waals surface area contributed by atoms with Gasteiger partial charge in [0.25, 0.3) is 0 Å². The van der Waals surface area contributed by atoms with Crippen molar-refractivity contribution in [3.8, 4) is 0 Å². The van der Waals surface area contributed by atoms with Crippen molar-refractivity contribution in [2.45, 2.75) is 33.2 Å². The molecule has 0 aliphatic carbocycles. The summed E-state index contributed by atoms with van der Waals surface area (Å²) in [5.74, 6) is -0.113. The van der Waals surface area contributed by atoms with Gasteiger partial charge in [-0.05, 0) is 61.2 Å². The number of hydrogen-bond donors (Lipinski definition) is 1. The summed E-state index contributed by atoms with van der Waals surface area (Å²) < 4.78 is 25.7. The number of carbonyl (C=O) groups is 1. The third-order valence-electron chi connectivity index (χ3n) is 4.35. The Bertz CT molecular complexity index is 896. The third-order valence-corrected chi connectivity index (χ3v) is 5.79. The number of nitrogens with zero attached hydrogens (tertiary/aromatic N) is 1. The van der Waals surface area contributed by atoms with Crippen LogP contribution in [-0.4, -0.2) is 27.1 Å². The number of rotatable bonds is 8. The Kier molecular flexibility index (Phi) is 7.27. The number of benzene rings is 2. The van der Waals surface area contributed by atoms with Crippen molar-refractivity contribution in [2.75, 3.05) is 17.1 Å². The van der Waals surface area contributed by atoms with Crippen LogP contribution in [0.1, 0.15) is 29.5 Å². The fourth-order valence-corrected chi connectivity index (χ4v) is 3.72. The Hall–Kier alpha value is -2.05. The molecule has 0 saturated heterocycles. The van der Waals surface area contributed by atoms with Gasteiger partial charge in [-0.1, -0.05) is 29.8 Å². The van der Waals surface area contributed by atoms with Crippen LogP contribution >= 0.6 is 11.6 Å². The molecule has 2 aromatic carbocycles. The molecular formula is C20H25ClN2O3S. The number of sulfonamides is 1. The molecule has 1 N–H and O–H groups in total. The SMILES string of the molecule is Cc1ccc(N(CCCC(=O)NCc2ccc(Cl)cc2)S(C)(=O)=O)cc1C. The fourth-order valence-electron chi connectivity index (χ4n) is 2.64. The van der Waals surface area contributed by atoms with Crippen LogP contribution in [-0.2, 0) is 21.4 Å². The highest BCUT2D eigenvalue weighted by Crippen LogP contribution is 2.21. The molecular weight excluding hydrogens is 384 g/mol. The van der Waals surface area contributed by atoms with Crippen LogP contribution < -0.4 is 9.62 Å². The summed E-state index contributed by atoms with van der Waals surface area (Å²) in [7, 11) is -3.42. The Morgan fingerprint density at radius 1 is 1.07 bits per heavy atom. The van der Waals surface area contributed by atoms with E-state index in [1.807, 2.05) is 38.1 Å². The maximum Gasteiger partial charge on any atom is 0.232 e. The zero-order chi connectivity index (χ0) is 20.0. The number of anilines is 1. The summed E-state index contributed by atoms with van der Waals surface area (Å²) in [5, 5.41) is 3.49. The quantitative estimate of drug-likeness (QED) is 0.722. The summed E-state index contributed by atoms with van der Waals surface area (Å²) in [5.41, 5.74) is 3.72. The summed E-state index contributed by atoms with van der Waals surface area (Å²) >= 11 is 5.84. The van der Waals surface area contributed by atoms with Crippen molar-refractivity contribution >= 4 is 33.2 Å². The van der Waals surface area contributed by atoms with Crippen LogP contribution in [0.4, 0.5) is 5.69 Å². The smallest absolute Gasteiger partial charge is 0.232 e. The first-order valence-electron chi connectivity index (χ1n) is 8.73. The molecule has 0 bridgehead atoms. The minimum absolute atomic E-state index is 0.113. The van der Waals surface area contributed by atoms with Crippen molar-refractivity contribution in [2.24, 2.45) is 0 Å². The first kappa shape index (κ1) is 21.3. The van der Waals surface area contributed by atoms with Gasteiger partial charge in [0.15, 0.2) is 0 Å². The molecule has 1 amide bonds. The van der Waals surface area contributed by atoms with E-state index in [0.717, 1.165) is 16.7 Å². The average Bonchev–Trinajstić information content (AvgIpc) is 2.60. The van der Waals surface area contributed by atoms with Gasteiger partial charge in [-0.2, -0.15) is 0 Å². The van der Waals surface area contributed by atoms with Crippen molar-refractivity contribution in [3.63, 3.8) is 0 Å². The normalized spacial score (nSPS) is 11.3. The minimum Gasteiger partial charge on any atom is -0.352 e. The van der Waals surface area contributed by atoms with Crippen LogP contribution in [0.25, 0.3) is 0 Å². The molecule has 0 radical (unpaired) electrons. The average molecular weight is 409 g/mol. The second-order valence-electron chi connectivity index (χ2n) is 6.61. The maximum atomic E-state index is 12.2. The lowest BCUT2D eigenvalue weighted by Crippen LogP contribution is -2.32. The largest absolute Gasteiger partial charge is 0.352 e. The Morgan fingerprint density at radius 3 is 2.33 bits per heavy atom. The predicted molar refractivity (Wildman–Crippen MR) is 111 cm³/mol. The van der Waals surface area contributed by atoms with E-state index in [-0.39, 0.29) is 18.9 Å². The van der Waals surface area contributed by atoms with Crippen LogP contribution in [0, 0.1) is 13.8 Å². The van der Waals surface area contributed by atoms with E-state index in [1.54, 1.807) is 18.2 Å². The molecule has 146 valence electrons. The number of amides is 1. The summed E-state index contributed by atoms with van der Waals surface area (Å²) in [6.45, 7) is 4.61. The second-order valence-corrected chi connectivity index (χ2v) is 8.95. The number of nitrogens with one attached hydrogen (secondary N) is 1. The number of aryl methyl sites for hydroxylation is 2. The first-order valence-corrected chi connectivity index (χ1v) is 11.0. The van der Waals surface area contributed by atoms with Gasteiger partial charge in [-0.3, -0.25) is 9.10 Å². The highest BCUT2D eigenvalue weighted by atomic mass is 35.5. The van der Waals surface area contributed by atoms with Crippen LogP contribution in [0.15, 0.2) is 42.5 Å². The lowest BCUT2D eigenvalue weighted by atomic mass is 10.1. The molecule has 0 aromatic heterocycles. The van der Waals surface area contributed by atoms with E-state index in [9.17, 15) is 13.2 Å². The molecule has 0 heterocycles. The minimum atomic E-state index is -3.42. The summed E-state index contributed by atoms with van der Waals surface area (Å²) in [4.78, 5) is 12.0. The van der Waals surface area contributed by atoms with E-state index in [2.05, 4.69) is 5.32 Å². The van der Waals surface area contributed by atoms with Gasteiger partial charge >= 0.3 is 0 Å². The monoisotopic (exact) mass is 408 g/mol. The molecule has 0 unspecified atom stereocenters. The van der Waals surface area contributed by atoms with Gasteiger partial charge in [0, 0.05) is 24.5 Å². The van der Waals surface area contributed by atoms with Gasteiger partial charge < -0.3 is 5.32 Å². The lowest BCUT2D eigenvalue weighted by molar-refractivity contribution is -0.121. The van der Waals surface area contributed by atoms with E-state index in [0.29, 0.717) is 23.7 Å². The predicted octanol–water partition coefficient (Wildman–Crippen LogP) is 3.82. The molecule has 0 atom stereocenters. The van der Waals surface area contributed by atoms with Gasteiger partial charge in [0.2, 0.25) is 15.9 Å². The molecule has 2 aromatic rings. The topological polar surface area (TPSA) is 66.5 Å². The van der Waals surface area contributed by atoms with Gasteiger partial charge in [-0.25, -0.2) is 8.42 Å². The third kappa shape index (κ3) is 6.56. The number of carbonyl (C=O) groups excluding carboxylic acids is 1.